The predicted octanol–water partition coefficient (Wildman–Crippen LogP) is 1.32. The molecule has 0 saturated carbocycles. The lowest BCUT2D eigenvalue weighted by Crippen LogP contribution is -2.41. The minimum absolute atomic E-state index is 0. The van der Waals surface area contributed by atoms with E-state index >= 15 is 0 Å². The molecule has 134 valence electrons. The maximum absolute atomic E-state index is 13.0. The summed E-state index contributed by atoms with van der Waals surface area (Å²) < 4.78 is 34.1. The lowest BCUT2D eigenvalue weighted by Gasteiger charge is -2.27. The second-order valence-electron chi connectivity index (χ2n) is 5.82. The van der Waals surface area contributed by atoms with Crippen molar-refractivity contribution in [2.24, 2.45) is 7.05 Å². The number of halogens is 1. The van der Waals surface area contributed by atoms with Gasteiger partial charge in [-0.25, -0.2) is 13.2 Å². The third kappa shape index (κ3) is 3.23. The van der Waals surface area contributed by atoms with Gasteiger partial charge in [-0.1, -0.05) is 6.92 Å². The van der Waals surface area contributed by atoms with Crippen molar-refractivity contribution in [1.82, 2.24) is 14.2 Å². The van der Waals surface area contributed by atoms with Crippen LogP contribution in [0, 0.1) is 0 Å². The first-order valence-electron chi connectivity index (χ1n) is 7.77. The summed E-state index contributed by atoms with van der Waals surface area (Å²) >= 11 is 0. The monoisotopic (exact) mass is 375 g/mol. The van der Waals surface area contributed by atoms with Gasteiger partial charge in [-0.2, -0.15) is 4.31 Å². The number of hydrogen-bond acceptors (Lipinski definition) is 5. The largest absolute Gasteiger partial charge is 0.419 e. The van der Waals surface area contributed by atoms with Crippen LogP contribution in [0.1, 0.15) is 19.8 Å². The maximum Gasteiger partial charge on any atom is 0.419 e. The van der Waals surface area contributed by atoms with E-state index in [0.717, 1.165) is 19.4 Å². The van der Waals surface area contributed by atoms with Crippen molar-refractivity contribution in [3.63, 3.8) is 0 Å². The Morgan fingerprint density at radius 1 is 1.42 bits per heavy atom. The fourth-order valence-corrected chi connectivity index (χ4v) is 4.78. The molecule has 24 heavy (non-hydrogen) atoms. The number of fused-ring (bicyclic) bond motifs is 1. The molecule has 9 heteroatoms. The molecular formula is C15H22ClN3O4S. The molecular weight excluding hydrogens is 354 g/mol. The van der Waals surface area contributed by atoms with Crippen molar-refractivity contribution in [1.29, 1.82) is 0 Å². The molecule has 1 fully saturated rings. The summed E-state index contributed by atoms with van der Waals surface area (Å²) in [4.78, 5) is 11.7. The highest BCUT2D eigenvalue weighted by atomic mass is 35.5. The van der Waals surface area contributed by atoms with Gasteiger partial charge in [-0.15, -0.1) is 12.4 Å². The van der Waals surface area contributed by atoms with Gasteiger partial charge in [0.1, 0.15) is 0 Å². The zero-order valence-corrected chi connectivity index (χ0v) is 15.3. The zero-order chi connectivity index (χ0) is 16.6. The van der Waals surface area contributed by atoms with Gasteiger partial charge < -0.3 is 9.73 Å². The highest BCUT2D eigenvalue weighted by Gasteiger charge is 2.32. The lowest BCUT2D eigenvalue weighted by molar-refractivity contribution is 0.335. The second-order valence-corrected chi connectivity index (χ2v) is 7.71. The normalized spacial score (nSPS) is 18.2. The Kier molecular flexibility index (Phi) is 5.74. The molecule has 1 aromatic heterocycles. The number of aromatic nitrogens is 1. The molecule has 7 nitrogen and oxygen atoms in total. The van der Waals surface area contributed by atoms with Gasteiger partial charge in [-0.3, -0.25) is 4.57 Å². The number of nitrogens with zero attached hydrogens (tertiary/aromatic N) is 2. The van der Waals surface area contributed by atoms with E-state index in [1.165, 1.54) is 16.7 Å². The average molecular weight is 376 g/mol. The number of hydrogen-bond donors (Lipinski definition) is 1. The zero-order valence-electron chi connectivity index (χ0n) is 13.7. The minimum atomic E-state index is -3.62. The van der Waals surface area contributed by atoms with E-state index in [0.29, 0.717) is 24.2 Å². The summed E-state index contributed by atoms with van der Waals surface area (Å²) in [5.74, 6) is -0.500. The van der Waals surface area contributed by atoms with Gasteiger partial charge in [0.05, 0.1) is 10.4 Å². The summed E-state index contributed by atoms with van der Waals surface area (Å²) in [7, 11) is -2.03. The predicted molar refractivity (Wildman–Crippen MR) is 94.2 cm³/mol. The lowest BCUT2D eigenvalue weighted by atomic mass is 10.2. The first kappa shape index (κ1) is 19.0. The van der Waals surface area contributed by atoms with E-state index in [-0.39, 0.29) is 23.3 Å². The fourth-order valence-electron chi connectivity index (χ4n) is 3.01. The Hall–Kier alpha value is -1.35. The van der Waals surface area contributed by atoms with E-state index in [1.807, 2.05) is 6.92 Å². The molecule has 2 heterocycles. The number of aryl methyl sites for hydroxylation is 1. The van der Waals surface area contributed by atoms with Crippen LogP contribution in [-0.4, -0.2) is 43.0 Å². The van der Waals surface area contributed by atoms with E-state index in [2.05, 4.69) is 5.32 Å². The van der Waals surface area contributed by atoms with Crippen molar-refractivity contribution in [2.75, 3.05) is 19.6 Å². The molecule has 3 rings (SSSR count). The Morgan fingerprint density at radius 3 is 2.79 bits per heavy atom. The molecule has 0 radical (unpaired) electrons. The molecule has 1 N–H and O–H groups in total. The van der Waals surface area contributed by atoms with Crippen LogP contribution in [0.25, 0.3) is 11.1 Å². The standard InChI is InChI=1S/C15H21N3O4S.ClH/c1-3-8-18(11-6-7-16-10-11)23(20,21)12-4-5-13-14(9-12)22-15(19)17(13)2;/h4-5,9,11,16H,3,6-8,10H2,1-2H3;1H. The van der Waals surface area contributed by atoms with Gasteiger partial charge >= 0.3 is 5.76 Å². The molecule has 1 unspecified atom stereocenters. The average Bonchev–Trinajstić information content (AvgIpc) is 3.13. The number of sulfonamides is 1. The summed E-state index contributed by atoms with van der Waals surface area (Å²) in [6, 6.07) is 4.57. The Bertz CT molecular complexity index is 868. The molecule has 1 atom stereocenters. The first-order chi connectivity index (χ1) is 10.9. The van der Waals surface area contributed by atoms with Crippen LogP contribution in [0.15, 0.2) is 32.3 Å². The summed E-state index contributed by atoms with van der Waals surface area (Å²) in [5.41, 5.74) is 0.873. The van der Waals surface area contributed by atoms with E-state index in [1.54, 1.807) is 17.4 Å². The van der Waals surface area contributed by atoms with Crippen LogP contribution in [0.2, 0.25) is 0 Å². The van der Waals surface area contributed by atoms with Crippen molar-refractivity contribution in [3.05, 3.63) is 28.7 Å². The third-order valence-corrected chi connectivity index (χ3v) is 6.20. The molecule has 2 aromatic rings. The molecule has 1 aliphatic heterocycles. The Balaban J connectivity index is 0.00000208. The Morgan fingerprint density at radius 2 is 2.17 bits per heavy atom. The summed E-state index contributed by atoms with van der Waals surface area (Å²) in [6.45, 7) is 3.94. The van der Waals surface area contributed by atoms with Gasteiger partial charge in [0, 0.05) is 32.2 Å². The van der Waals surface area contributed by atoms with Crippen LogP contribution in [-0.2, 0) is 17.1 Å². The van der Waals surface area contributed by atoms with E-state index < -0.39 is 15.8 Å². The van der Waals surface area contributed by atoms with E-state index in [9.17, 15) is 13.2 Å². The van der Waals surface area contributed by atoms with Crippen molar-refractivity contribution in [2.45, 2.75) is 30.7 Å². The minimum Gasteiger partial charge on any atom is -0.408 e. The van der Waals surface area contributed by atoms with Gasteiger partial charge in [0.2, 0.25) is 10.0 Å². The van der Waals surface area contributed by atoms with Crippen LogP contribution in [0.5, 0.6) is 0 Å². The van der Waals surface area contributed by atoms with Crippen molar-refractivity contribution in [3.8, 4) is 0 Å². The quantitative estimate of drug-likeness (QED) is 0.851. The van der Waals surface area contributed by atoms with Crippen LogP contribution in [0.4, 0.5) is 0 Å². The molecule has 0 spiro atoms. The number of benzene rings is 1. The van der Waals surface area contributed by atoms with Gasteiger partial charge in [-0.05, 0) is 31.5 Å². The first-order valence-corrected chi connectivity index (χ1v) is 9.21. The maximum atomic E-state index is 13.0. The number of rotatable bonds is 5. The van der Waals surface area contributed by atoms with Gasteiger partial charge in [0.25, 0.3) is 0 Å². The van der Waals surface area contributed by atoms with Crippen LogP contribution >= 0.6 is 12.4 Å². The highest BCUT2D eigenvalue weighted by Crippen LogP contribution is 2.24. The van der Waals surface area contributed by atoms with E-state index in [4.69, 9.17) is 4.42 Å². The smallest absolute Gasteiger partial charge is 0.408 e. The molecule has 0 amide bonds. The SMILES string of the molecule is CCCN(C1CCNC1)S(=O)(=O)c1ccc2c(c1)oc(=O)n2C.Cl. The molecule has 1 aliphatic rings. The topological polar surface area (TPSA) is 84.6 Å². The summed E-state index contributed by atoms with van der Waals surface area (Å²) in [5, 5.41) is 3.21. The molecule has 1 aromatic carbocycles. The van der Waals surface area contributed by atoms with Gasteiger partial charge in [0.15, 0.2) is 5.58 Å². The summed E-state index contributed by atoms with van der Waals surface area (Å²) in [6.07, 6.45) is 1.56. The molecule has 0 bridgehead atoms. The fraction of sp³-hybridized carbons (Fsp3) is 0.533. The number of nitrogens with one attached hydrogen (secondary N) is 1. The van der Waals surface area contributed by atoms with Crippen molar-refractivity contribution < 1.29 is 12.8 Å². The van der Waals surface area contributed by atoms with Crippen LogP contribution < -0.4 is 11.1 Å². The third-order valence-electron chi connectivity index (χ3n) is 4.26. The highest BCUT2D eigenvalue weighted by molar-refractivity contribution is 7.89. The Labute approximate surface area is 147 Å². The van der Waals surface area contributed by atoms with Crippen LogP contribution in [0.3, 0.4) is 0 Å². The molecule has 1 saturated heterocycles. The van der Waals surface area contributed by atoms with Crippen molar-refractivity contribution >= 4 is 33.5 Å². The molecule has 0 aliphatic carbocycles. The second kappa shape index (κ2) is 7.26. The number of oxazole rings is 1.